The first-order valence-electron chi connectivity index (χ1n) is 4.35. The molecule has 0 rings (SSSR count). The van der Waals surface area contributed by atoms with E-state index in [9.17, 15) is 18.4 Å². The Bertz CT molecular complexity index is 236. The molecule has 0 radical (unpaired) electrons. The lowest BCUT2D eigenvalue weighted by molar-refractivity contribution is -0.151. The molecule has 7 heteroatoms. The predicted octanol–water partition coefficient (Wildman–Crippen LogP) is -0.400. The van der Waals surface area contributed by atoms with Gasteiger partial charge < -0.3 is 15.4 Å². The monoisotopic (exact) mass is 224 g/mol. The third kappa shape index (κ3) is 4.68. The Kier molecular flexibility index (Phi) is 5.76. The molecule has 15 heavy (non-hydrogen) atoms. The summed E-state index contributed by atoms with van der Waals surface area (Å²) in [7, 11) is 1.15. The van der Waals surface area contributed by atoms with E-state index < -0.39 is 30.9 Å². The molecule has 0 aliphatic carbocycles. The molecular weight excluding hydrogens is 210 g/mol. The van der Waals surface area contributed by atoms with Gasteiger partial charge in [0.05, 0.1) is 13.2 Å². The van der Waals surface area contributed by atoms with Gasteiger partial charge in [-0.25, -0.2) is 13.6 Å². The molecule has 0 heterocycles. The summed E-state index contributed by atoms with van der Waals surface area (Å²) >= 11 is 0. The highest BCUT2D eigenvalue weighted by atomic mass is 19.3. The van der Waals surface area contributed by atoms with Gasteiger partial charge in [-0.15, -0.1) is 0 Å². The molecule has 0 aromatic carbocycles. The maximum Gasteiger partial charge on any atom is 0.332 e. The van der Waals surface area contributed by atoms with Crippen molar-refractivity contribution in [2.75, 3.05) is 20.2 Å². The fourth-order valence-electron chi connectivity index (χ4n) is 0.867. The first-order valence-corrected chi connectivity index (χ1v) is 4.35. The molecule has 0 spiro atoms. The summed E-state index contributed by atoms with van der Waals surface area (Å²) in [5, 5.41) is 0. The third-order valence-corrected chi connectivity index (χ3v) is 1.59. The number of nitrogens with zero attached hydrogens (tertiary/aromatic N) is 1. The molecular formula is C8H14F2N2O3. The third-order valence-electron chi connectivity index (χ3n) is 1.59. The van der Waals surface area contributed by atoms with Crippen molar-refractivity contribution in [3.05, 3.63) is 0 Å². The van der Waals surface area contributed by atoms with Crippen molar-refractivity contribution in [1.29, 1.82) is 0 Å². The minimum Gasteiger partial charge on any atom is -0.464 e. The van der Waals surface area contributed by atoms with Crippen LogP contribution in [0.15, 0.2) is 0 Å². The van der Waals surface area contributed by atoms with E-state index in [0.717, 1.165) is 7.05 Å². The Morgan fingerprint density at radius 3 is 2.40 bits per heavy atom. The molecule has 88 valence electrons. The zero-order valence-corrected chi connectivity index (χ0v) is 8.57. The molecule has 5 nitrogen and oxygen atoms in total. The fraction of sp³-hybridized carbons (Fsp3) is 0.750. The van der Waals surface area contributed by atoms with Crippen LogP contribution >= 0.6 is 0 Å². The summed E-state index contributed by atoms with van der Waals surface area (Å²) in [5.74, 6) is -1.79. The molecule has 0 bridgehead atoms. The predicted molar refractivity (Wildman–Crippen MR) is 48.2 cm³/mol. The Morgan fingerprint density at radius 1 is 1.47 bits per heavy atom. The molecule has 0 aromatic rings. The molecule has 1 amide bonds. The van der Waals surface area contributed by atoms with Gasteiger partial charge in [-0.1, -0.05) is 0 Å². The van der Waals surface area contributed by atoms with Gasteiger partial charge in [0.1, 0.15) is 0 Å². The van der Waals surface area contributed by atoms with Gasteiger partial charge in [0.15, 0.2) is 6.04 Å². The number of esters is 1. The van der Waals surface area contributed by atoms with E-state index in [4.69, 9.17) is 5.73 Å². The highest BCUT2D eigenvalue weighted by molar-refractivity contribution is 6.01. The lowest BCUT2D eigenvalue weighted by Crippen LogP contribution is -2.48. The number of halogens is 2. The summed E-state index contributed by atoms with van der Waals surface area (Å²) in [5.41, 5.74) is 5.21. The maximum absolute atomic E-state index is 11.9. The van der Waals surface area contributed by atoms with Gasteiger partial charge in [-0.3, -0.25) is 4.79 Å². The van der Waals surface area contributed by atoms with Gasteiger partial charge in [-0.05, 0) is 6.92 Å². The van der Waals surface area contributed by atoms with Crippen LogP contribution in [-0.4, -0.2) is 49.4 Å². The number of carbonyl (C=O) groups is 2. The van der Waals surface area contributed by atoms with E-state index in [1.807, 2.05) is 0 Å². The normalized spacial score (nSPS) is 12.4. The van der Waals surface area contributed by atoms with Gasteiger partial charge >= 0.3 is 5.97 Å². The van der Waals surface area contributed by atoms with E-state index in [2.05, 4.69) is 4.74 Å². The average molecular weight is 224 g/mol. The van der Waals surface area contributed by atoms with E-state index in [0.29, 0.717) is 4.90 Å². The van der Waals surface area contributed by atoms with Crippen LogP contribution in [-0.2, 0) is 14.3 Å². The van der Waals surface area contributed by atoms with Crippen LogP contribution in [0.3, 0.4) is 0 Å². The number of likely N-dealkylation sites (N-methyl/N-ethyl adjacent to an activating group) is 1. The number of amides is 1. The van der Waals surface area contributed by atoms with Crippen LogP contribution in [0.2, 0.25) is 0 Å². The molecule has 0 aliphatic heterocycles. The zero-order chi connectivity index (χ0) is 12.0. The van der Waals surface area contributed by atoms with Crippen molar-refractivity contribution >= 4 is 11.9 Å². The molecule has 0 aliphatic rings. The number of ether oxygens (including phenoxy) is 1. The Labute approximate surface area is 86.2 Å². The van der Waals surface area contributed by atoms with Crippen molar-refractivity contribution in [2.45, 2.75) is 19.4 Å². The number of hydrogen-bond donors (Lipinski definition) is 1. The topological polar surface area (TPSA) is 72.6 Å². The molecule has 1 atom stereocenters. The number of rotatable bonds is 5. The standard InChI is InChI=1S/C8H14F2N2O3/c1-3-15-8(14)6(11)7(13)12(2)4-5(9)10/h5-6H,3-4,11H2,1-2H3. The van der Waals surface area contributed by atoms with Crippen molar-refractivity contribution in [3.63, 3.8) is 0 Å². The number of nitrogens with two attached hydrogens (primary N) is 1. The van der Waals surface area contributed by atoms with E-state index in [-0.39, 0.29) is 6.61 Å². The van der Waals surface area contributed by atoms with Crippen molar-refractivity contribution < 1.29 is 23.1 Å². The fourth-order valence-corrected chi connectivity index (χ4v) is 0.867. The lowest BCUT2D eigenvalue weighted by atomic mass is 10.3. The second kappa shape index (κ2) is 6.28. The summed E-state index contributed by atoms with van der Waals surface area (Å²) < 4.78 is 28.3. The lowest BCUT2D eigenvalue weighted by Gasteiger charge is -2.19. The van der Waals surface area contributed by atoms with E-state index >= 15 is 0 Å². The van der Waals surface area contributed by atoms with Gasteiger partial charge in [-0.2, -0.15) is 0 Å². The second-order valence-corrected chi connectivity index (χ2v) is 2.84. The van der Waals surface area contributed by atoms with Gasteiger partial charge in [0.2, 0.25) is 0 Å². The largest absolute Gasteiger partial charge is 0.464 e. The highest BCUT2D eigenvalue weighted by Gasteiger charge is 2.27. The highest BCUT2D eigenvalue weighted by Crippen LogP contribution is 1.99. The Morgan fingerprint density at radius 2 is 2.00 bits per heavy atom. The van der Waals surface area contributed by atoms with Crippen molar-refractivity contribution in [1.82, 2.24) is 4.90 Å². The summed E-state index contributed by atoms with van der Waals surface area (Å²) in [4.78, 5) is 23.0. The van der Waals surface area contributed by atoms with E-state index in [1.165, 1.54) is 0 Å². The number of hydrogen-bond acceptors (Lipinski definition) is 4. The van der Waals surface area contributed by atoms with Crippen LogP contribution in [0.25, 0.3) is 0 Å². The molecule has 0 saturated heterocycles. The van der Waals surface area contributed by atoms with Crippen LogP contribution in [0.4, 0.5) is 8.78 Å². The summed E-state index contributed by atoms with van der Waals surface area (Å²) in [6.07, 6.45) is -2.66. The zero-order valence-electron chi connectivity index (χ0n) is 8.57. The maximum atomic E-state index is 11.9. The van der Waals surface area contributed by atoms with E-state index in [1.54, 1.807) is 6.92 Å². The number of carbonyl (C=O) groups excluding carboxylic acids is 2. The second-order valence-electron chi connectivity index (χ2n) is 2.84. The van der Waals surface area contributed by atoms with Crippen LogP contribution in [0.1, 0.15) is 6.92 Å². The van der Waals surface area contributed by atoms with Gasteiger partial charge in [0.25, 0.3) is 12.3 Å². The SMILES string of the molecule is CCOC(=O)C(N)C(=O)N(C)CC(F)F. The molecule has 0 saturated carbocycles. The van der Waals surface area contributed by atoms with Crippen molar-refractivity contribution in [2.24, 2.45) is 5.73 Å². The van der Waals surface area contributed by atoms with Crippen LogP contribution in [0.5, 0.6) is 0 Å². The first kappa shape index (κ1) is 13.8. The Hall–Kier alpha value is -1.24. The van der Waals surface area contributed by atoms with Gasteiger partial charge in [0, 0.05) is 7.05 Å². The molecule has 0 fully saturated rings. The number of alkyl halides is 2. The molecule has 0 aromatic heterocycles. The summed E-state index contributed by atoms with van der Waals surface area (Å²) in [6, 6.07) is -1.53. The van der Waals surface area contributed by atoms with Crippen LogP contribution < -0.4 is 5.73 Å². The Balaban J connectivity index is 4.24. The molecule has 1 unspecified atom stereocenters. The molecule has 2 N–H and O–H groups in total. The smallest absolute Gasteiger partial charge is 0.332 e. The summed E-state index contributed by atoms with van der Waals surface area (Å²) in [6.45, 7) is 0.877. The average Bonchev–Trinajstić information content (AvgIpc) is 2.14. The minimum atomic E-state index is -2.66. The quantitative estimate of drug-likeness (QED) is 0.509. The van der Waals surface area contributed by atoms with Crippen LogP contribution in [0, 0.1) is 0 Å². The van der Waals surface area contributed by atoms with Crippen molar-refractivity contribution in [3.8, 4) is 0 Å². The first-order chi connectivity index (χ1) is 6.90. The minimum absolute atomic E-state index is 0.0817.